The van der Waals surface area contributed by atoms with Crippen molar-refractivity contribution in [2.45, 2.75) is 6.42 Å². The van der Waals surface area contributed by atoms with Crippen molar-refractivity contribution in [3.8, 4) is 5.75 Å². The first-order chi connectivity index (χ1) is 11.2. The average molecular weight is 331 g/mol. The first-order valence-corrected chi connectivity index (χ1v) is 7.64. The fourth-order valence-electron chi connectivity index (χ4n) is 1.99. The molecule has 2 aromatic carbocycles. The molecule has 0 aliphatic rings. The summed E-state index contributed by atoms with van der Waals surface area (Å²) in [5.74, 6) is 0.825. The summed E-state index contributed by atoms with van der Waals surface area (Å²) >= 11 is 5.89. The molecule has 2 amide bonds. The molecule has 0 saturated heterocycles. The van der Waals surface area contributed by atoms with E-state index in [4.69, 9.17) is 16.3 Å². The lowest BCUT2D eigenvalue weighted by molar-refractivity contribution is 0.244. The van der Waals surface area contributed by atoms with Gasteiger partial charge in [-0.2, -0.15) is 0 Å². The lowest BCUT2D eigenvalue weighted by Crippen LogP contribution is -2.33. The smallest absolute Gasteiger partial charge is 0.318 e. The Labute approximate surface area is 141 Å². The Hall–Kier alpha value is -2.46. The molecule has 120 valence electrons. The molecule has 2 N–H and O–H groups in total. The highest BCUT2D eigenvalue weighted by molar-refractivity contribution is 6.30. The van der Waals surface area contributed by atoms with Gasteiger partial charge in [0.05, 0.1) is 7.11 Å². The minimum absolute atomic E-state index is 0.239. The van der Waals surface area contributed by atoms with Crippen LogP contribution >= 0.6 is 11.6 Å². The van der Waals surface area contributed by atoms with Crippen molar-refractivity contribution < 1.29 is 9.53 Å². The van der Waals surface area contributed by atoms with Crippen LogP contribution in [0, 0.1) is 0 Å². The van der Waals surface area contributed by atoms with Gasteiger partial charge in [-0.3, -0.25) is 0 Å². The van der Waals surface area contributed by atoms with Crippen molar-refractivity contribution in [3.05, 3.63) is 70.9 Å². The van der Waals surface area contributed by atoms with Crippen LogP contribution in [0.4, 0.5) is 4.79 Å². The monoisotopic (exact) mass is 330 g/mol. The van der Waals surface area contributed by atoms with Crippen molar-refractivity contribution in [3.63, 3.8) is 0 Å². The molecule has 0 aliphatic heterocycles. The molecule has 23 heavy (non-hydrogen) atoms. The van der Waals surface area contributed by atoms with E-state index in [1.807, 2.05) is 42.5 Å². The maximum absolute atomic E-state index is 11.7. The standard InChI is InChI=1S/C18H19ClN2O2/c1-23-17-7-5-14(6-8-17)9-11-20-18(22)21-12-10-15-3-2-4-16(19)13-15/h2-8,10,12-13H,9,11H2,1H3,(H2,20,21,22)/b12-10+. The van der Waals surface area contributed by atoms with Crippen LogP contribution in [0.3, 0.4) is 0 Å². The highest BCUT2D eigenvalue weighted by Gasteiger charge is 1.98. The van der Waals surface area contributed by atoms with Crippen LogP contribution in [0.5, 0.6) is 5.75 Å². The highest BCUT2D eigenvalue weighted by atomic mass is 35.5. The predicted molar refractivity (Wildman–Crippen MR) is 93.7 cm³/mol. The van der Waals surface area contributed by atoms with Crippen molar-refractivity contribution in [1.29, 1.82) is 0 Å². The first kappa shape index (κ1) is 16.9. The summed E-state index contributed by atoms with van der Waals surface area (Å²) in [5.41, 5.74) is 2.07. The highest BCUT2D eigenvalue weighted by Crippen LogP contribution is 2.12. The van der Waals surface area contributed by atoms with Gasteiger partial charge in [0.25, 0.3) is 0 Å². The Morgan fingerprint density at radius 1 is 1.22 bits per heavy atom. The fraction of sp³-hybridized carbons (Fsp3) is 0.167. The van der Waals surface area contributed by atoms with E-state index >= 15 is 0 Å². The van der Waals surface area contributed by atoms with Crippen molar-refractivity contribution in [1.82, 2.24) is 10.6 Å². The molecule has 0 fully saturated rings. The predicted octanol–water partition coefficient (Wildman–Crippen LogP) is 3.86. The molecule has 0 radical (unpaired) electrons. The molecule has 0 aliphatic carbocycles. The van der Waals surface area contributed by atoms with Crippen LogP contribution in [0.1, 0.15) is 11.1 Å². The molecule has 4 nitrogen and oxygen atoms in total. The summed E-state index contributed by atoms with van der Waals surface area (Å²) < 4.78 is 5.10. The molecule has 0 unspecified atom stereocenters. The molecule has 2 rings (SSSR count). The van der Waals surface area contributed by atoms with Crippen LogP contribution in [-0.2, 0) is 6.42 Å². The van der Waals surface area contributed by atoms with Crippen molar-refractivity contribution in [2.24, 2.45) is 0 Å². The van der Waals surface area contributed by atoms with Crippen molar-refractivity contribution in [2.75, 3.05) is 13.7 Å². The minimum atomic E-state index is -0.239. The Bertz CT molecular complexity index is 669. The van der Waals surface area contributed by atoms with E-state index in [2.05, 4.69) is 10.6 Å². The number of hydrogen-bond acceptors (Lipinski definition) is 2. The van der Waals surface area contributed by atoms with E-state index in [1.165, 1.54) is 0 Å². The van der Waals surface area contributed by atoms with Gasteiger partial charge in [0, 0.05) is 17.8 Å². The van der Waals surface area contributed by atoms with E-state index in [0.717, 1.165) is 23.3 Å². The second-order valence-corrected chi connectivity index (χ2v) is 5.32. The molecule has 0 bridgehead atoms. The molecular formula is C18H19ClN2O2. The Balaban J connectivity index is 1.70. The Morgan fingerprint density at radius 3 is 2.70 bits per heavy atom. The van der Waals surface area contributed by atoms with Gasteiger partial charge in [-0.1, -0.05) is 35.9 Å². The van der Waals surface area contributed by atoms with E-state index in [9.17, 15) is 4.79 Å². The second kappa shape index (κ2) is 8.86. The number of hydrogen-bond donors (Lipinski definition) is 2. The third-order valence-corrected chi connectivity index (χ3v) is 3.43. The number of nitrogens with one attached hydrogen (secondary N) is 2. The summed E-state index contributed by atoms with van der Waals surface area (Å²) in [4.78, 5) is 11.7. The Morgan fingerprint density at radius 2 is 2.00 bits per heavy atom. The van der Waals surface area contributed by atoms with Crippen LogP contribution in [-0.4, -0.2) is 19.7 Å². The quantitative estimate of drug-likeness (QED) is 0.845. The number of halogens is 1. The normalized spacial score (nSPS) is 10.5. The van der Waals surface area contributed by atoms with Crippen LogP contribution in [0.25, 0.3) is 6.08 Å². The largest absolute Gasteiger partial charge is 0.497 e. The van der Waals surface area contributed by atoms with Gasteiger partial charge >= 0.3 is 6.03 Å². The summed E-state index contributed by atoms with van der Waals surface area (Å²) in [5, 5.41) is 6.12. The number of urea groups is 1. The van der Waals surface area contributed by atoms with Gasteiger partial charge in [-0.15, -0.1) is 0 Å². The zero-order valence-electron chi connectivity index (χ0n) is 12.9. The number of carbonyl (C=O) groups excluding carboxylic acids is 1. The third kappa shape index (κ3) is 6.04. The van der Waals surface area contributed by atoms with E-state index < -0.39 is 0 Å². The molecule has 2 aromatic rings. The third-order valence-electron chi connectivity index (χ3n) is 3.20. The lowest BCUT2D eigenvalue weighted by Gasteiger charge is -2.06. The molecule has 5 heteroatoms. The van der Waals surface area contributed by atoms with Gasteiger partial charge < -0.3 is 15.4 Å². The summed E-state index contributed by atoms with van der Waals surface area (Å²) in [6.45, 7) is 0.559. The molecular weight excluding hydrogens is 312 g/mol. The van der Waals surface area contributed by atoms with Gasteiger partial charge in [0.2, 0.25) is 0 Å². The summed E-state index contributed by atoms with van der Waals surface area (Å²) in [6, 6.07) is 14.9. The van der Waals surface area contributed by atoms with Crippen LogP contribution < -0.4 is 15.4 Å². The zero-order chi connectivity index (χ0) is 16.5. The van der Waals surface area contributed by atoms with Gasteiger partial charge in [0.1, 0.15) is 5.75 Å². The molecule has 0 atom stereocenters. The van der Waals surface area contributed by atoms with Gasteiger partial charge in [0.15, 0.2) is 0 Å². The van der Waals surface area contributed by atoms with E-state index in [-0.39, 0.29) is 6.03 Å². The van der Waals surface area contributed by atoms with Gasteiger partial charge in [-0.25, -0.2) is 4.79 Å². The SMILES string of the molecule is COc1ccc(CCNC(=O)N/C=C/c2cccc(Cl)c2)cc1. The molecule has 0 heterocycles. The number of methoxy groups -OCH3 is 1. The van der Waals surface area contributed by atoms with Crippen LogP contribution in [0.15, 0.2) is 54.7 Å². The van der Waals surface area contributed by atoms with Crippen molar-refractivity contribution >= 4 is 23.7 Å². The minimum Gasteiger partial charge on any atom is -0.497 e. The topological polar surface area (TPSA) is 50.4 Å². The first-order valence-electron chi connectivity index (χ1n) is 7.27. The van der Waals surface area contributed by atoms with E-state index in [1.54, 1.807) is 25.5 Å². The molecule has 0 spiro atoms. The maximum Gasteiger partial charge on any atom is 0.318 e. The average Bonchev–Trinajstić information content (AvgIpc) is 2.55. The number of carbonyl (C=O) groups is 1. The van der Waals surface area contributed by atoms with Crippen LogP contribution in [0.2, 0.25) is 5.02 Å². The molecule has 0 aromatic heterocycles. The second-order valence-electron chi connectivity index (χ2n) is 4.89. The van der Waals surface area contributed by atoms with E-state index in [0.29, 0.717) is 11.6 Å². The number of rotatable bonds is 6. The lowest BCUT2D eigenvalue weighted by atomic mass is 10.1. The molecule has 0 saturated carbocycles. The van der Waals surface area contributed by atoms with Gasteiger partial charge in [-0.05, 0) is 47.9 Å². The summed E-state index contributed by atoms with van der Waals surface area (Å²) in [7, 11) is 1.64. The zero-order valence-corrected chi connectivity index (χ0v) is 13.6. The fourth-order valence-corrected chi connectivity index (χ4v) is 2.19. The number of amides is 2. The Kier molecular flexibility index (Phi) is 6.51. The maximum atomic E-state index is 11.7. The number of ether oxygens (including phenoxy) is 1. The number of benzene rings is 2. The summed E-state index contributed by atoms with van der Waals surface area (Å²) in [6.07, 6.45) is 4.14.